The van der Waals surface area contributed by atoms with Gasteiger partial charge in [0.2, 0.25) is 0 Å². The average molecular weight is 290 g/mol. The van der Waals surface area contributed by atoms with Crippen LogP contribution in [0, 0.1) is 5.41 Å². The first kappa shape index (κ1) is 16.3. The van der Waals surface area contributed by atoms with Crippen LogP contribution in [0.5, 0.6) is 5.75 Å². The molecule has 0 heterocycles. The first-order chi connectivity index (χ1) is 9.89. The fourth-order valence-corrected chi connectivity index (χ4v) is 3.21. The molecule has 3 nitrogen and oxygen atoms in total. The van der Waals surface area contributed by atoms with Crippen molar-refractivity contribution >= 4 is 0 Å². The van der Waals surface area contributed by atoms with Crippen LogP contribution in [0.4, 0.5) is 0 Å². The zero-order valence-corrected chi connectivity index (χ0v) is 13.9. The molecule has 0 amide bonds. The predicted octanol–water partition coefficient (Wildman–Crippen LogP) is 3.64. The van der Waals surface area contributed by atoms with Crippen LogP contribution in [-0.2, 0) is 0 Å². The van der Waals surface area contributed by atoms with Crippen LogP contribution in [0.2, 0.25) is 0 Å². The molecule has 0 saturated heterocycles. The smallest absolute Gasteiger partial charge is 0.119 e. The number of hydrogen-bond donors (Lipinski definition) is 2. The van der Waals surface area contributed by atoms with Gasteiger partial charge in [0.1, 0.15) is 5.75 Å². The summed E-state index contributed by atoms with van der Waals surface area (Å²) in [5, 5.41) is 3.73. The van der Waals surface area contributed by atoms with Gasteiger partial charge in [0.15, 0.2) is 0 Å². The van der Waals surface area contributed by atoms with Gasteiger partial charge < -0.3 is 15.8 Å². The molecule has 1 saturated carbocycles. The highest BCUT2D eigenvalue weighted by Gasteiger charge is 2.31. The maximum Gasteiger partial charge on any atom is 0.119 e. The van der Waals surface area contributed by atoms with E-state index in [0.29, 0.717) is 18.0 Å². The van der Waals surface area contributed by atoms with Crippen molar-refractivity contribution in [3.63, 3.8) is 0 Å². The van der Waals surface area contributed by atoms with Crippen LogP contribution in [0.1, 0.15) is 58.6 Å². The average Bonchev–Trinajstić information content (AvgIpc) is 2.76. The van der Waals surface area contributed by atoms with Crippen LogP contribution < -0.4 is 15.8 Å². The summed E-state index contributed by atoms with van der Waals surface area (Å²) in [4.78, 5) is 0. The molecule has 3 heteroatoms. The molecule has 2 unspecified atom stereocenters. The minimum atomic E-state index is 0.208. The van der Waals surface area contributed by atoms with Crippen LogP contribution in [-0.4, -0.2) is 18.7 Å². The Morgan fingerprint density at radius 2 is 1.95 bits per heavy atom. The molecule has 118 valence electrons. The number of ether oxygens (including phenoxy) is 1. The Bertz CT molecular complexity index is 439. The number of benzene rings is 1. The third-order valence-electron chi connectivity index (χ3n) is 4.30. The van der Waals surface area contributed by atoms with Crippen molar-refractivity contribution in [2.24, 2.45) is 11.1 Å². The molecule has 0 radical (unpaired) electrons. The van der Waals surface area contributed by atoms with E-state index in [4.69, 9.17) is 10.5 Å². The lowest BCUT2D eigenvalue weighted by molar-refractivity contribution is 0.242. The fraction of sp³-hybridized carbons (Fsp3) is 0.667. The zero-order chi connectivity index (χ0) is 15.5. The first-order valence-corrected chi connectivity index (χ1v) is 8.12. The van der Waals surface area contributed by atoms with Crippen molar-refractivity contribution in [2.75, 3.05) is 6.54 Å². The second kappa shape index (κ2) is 6.80. The second-order valence-electron chi connectivity index (χ2n) is 7.29. The summed E-state index contributed by atoms with van der Waals surface area (Å²) < 4.78 is 5.69. The van der Waals surface area contributed by atoms with Crippen molar-refractivity contribution in [2.45, 2.75) is 65.1 Å². The van der Waals surface area contributed by atoms with E-state index in [-0.39, 0.29) is 12.1 Å². The summed E-state index contributed by atoms with van der Waals surface area (Å²) in [5.74, 6) is 0.923. The second-order valence-corrected chi connectivity index (χ2v) is 7.29. The van der Waals surface area contributed by atoms with Crippen molar-refractivity contribution in [3.05, 3.63) is 29.8 Å². The number of nitrogens with one attached hydrogen (secondary N) is 1. The Kier molecular flexibility index (Phi) is 5.28. The van der Waals surface area contributed by atoms with Gasteiger partial charge in [-0.1, -0.05) is 26.0 Å². The third-order valence-corrected chi connectivity index (χ3v) is 4.30. The Labute approximate surface area is 129 Å². The van der Waals surface area contributed by atoms with Gasteiger partial charge in [-0.3, -0.25) is 0 Å². The summed E-state index contributed by atoms with van der Waals surface area (Å²) in [6, 6.07) is 9.15. The molecule has 1 aromatic carbocycles. The Morgan fingerprint density at radius 1 is 1.29 bits per heavy atom. The topological polar surface area (TPSA) is 47.3 Å². The molecule has 2 rings (SSSR count). The Hall–Kier alpha value is -1.06. The molecule has 1 fully saturated rings. The van der Waals surface area contributed by atoms with Crippen LogP contribution in [0.25, 0.3) is 0 Å². The molecular weight excluding hydrogens is 260 g/mol. The van der Waals surface area contributed by atoms with Gasteiger partial charge in [-0.05, 0) is 56.2 Å². The summed E-state index contributed by atoms with van der Waals surface area (Å²) in [6.07, 6.45) is 3.99. The minimum absolute atomic E-state index is 0.208. The lowest BCUT2D eigenvalue weighted by atomic mass is 9.91. The molecule has 0 bridgehead atoms. The third kappa shape index (κ3) is 4.72. The van der Waals surface area contributed by atoms with E-state index in [0.717, 1.165) is 5.75 Å². The molecule has 0 spiro atoms. The molecule has 2 atom stereocenters. The molecule has 1 aromatic rings. The predicted molar refractivity (Wildman–Crippen MR) is 88.6 cm³/mol. The van der Waals surface area contributed by atoms with Crippen LogP contribution in [0.3, 0.4) is 0 Å². The van der Waals surface area contributed by atoms with E-state index in [1.165, 1.54) is 24.8 Å². The van der Waals surface area contributed by atoms with Gasteiger partial charge >= 0.3 is 0 Å². The number of nitrogens with two attached hydrogens (primary N) is 1. The van der Waals surface area contributed by atoms with Crippen molar-refractivity contribution in [3.8, 4) is 5.75 Å². The maximum absolute atomic E-state index is 5.98. The van der Waals surface area contributed by atoms with Crippen LogP contribution in [0.15, 0.2) is 24.3 Å². The number of hydrogen-bond acceptors (Lipinski definition) is 3. The molecule has 0 aromatic heterocycles. The van der Waals surface area contributed by atoms with E-state index in [1.807, 2.05) is 26.0 Å². The fourth-order valence-electron chi connectivity index (χ4n) is 3.21. The summed E-state index contributed by atoms with van der Waals surface area (Å²) >= 11 is 0. The van der Waals surface area contributed by atoms with Gasteiger partial charge in [0, 0.05) is 18.6 Å². The normalized spacial score (nSPS) is 22.5. The highest BCUT2D eigenvalue weighted by Crippen LogP contribution is 2.37. The van der Waals surface area contributed by atoms with E-state index < -0.39 is 0 Å². The van der Waals surface area contributed by atoms with Gasteiger partial charge in [-0.2, -0.15) is 0 Å². The molecule has 21 heavy (non-hydrogen) atoms. The summed E-state index contributed by atoms with van der Waals surface area (Å²) in [6.45, 7) is 9.41. The van der Waals surface area contributed by atoms with Gasteiger partial charge in [-0.25, -0.2) is 0 Å². The zero-order valence-electron chi connectivity index (χ0n) is 13.9. The molecule has 1 aliphatic carbocycles. The van der Waals surface area contributed by atoms with Gasteiger partial charge in [0.25, 0.3) is 0 Å². The number of rotatable bonds is 6. The monoisotopic (exact) mass is 290 g/mol. The highest BCUT2D eigenvalue weighted by atomic mass is 16.5. The first-order valence-electron chi connectivity index (χ1n) is 8.12. The Morgan fingerprint density at radius 3 is 2.43 bits per heavy atom. The lowest BCUT2D eigenvalue weighted by Crippen LogP contribution is -2.35. The molecule has 3 N–H and O–H groups in total. The lowest BCUT2D eigenvalue weighted by Gasteiger charge is -2.24. The summed E-state index contributed by atoms with van der Waals surface area (Å²) in [5.41, 5.74) is 7.69. The maximum atomic E-state index is 5.98. The Balaban J connectivity index is 1.97. The SMILES string of the molecule is CC(C)Oc1ccc(C(CN)NC2CCC(C)(C)C2)cc1. The van der Waals surface area contributed by atoms with Crippen molar-refractivity contribution < 1.29 is 4.74 Å². The molecule has 0 aliphatic heterocycles. The minimum Gasteiger partial charge on any atom is -0.491 e. The van der Waals surface area contributed by atoms with E-state index in [2.05, 4.69) is 31.3 Å². The highest BCUT2D eigenvalue weighted by molar-refractivity contribution is 5.29. The van der Waals surface area contributed by atoms with E-state index >= 15 is 0 Å². The van der Waals surface area contributed by atoms with E-state index in [9.17, 15) is 0 Å². The van der Waals surface area contributed by atoms with Crippen LogP contribution >= 0.6 is 0 Å². The van der Waals surface area contributed by atoms with Crippen molar-refractivity contribution in [1.29, 1.82) is 0 Å². The molecule has 1 aliphatic rings. The largest absolute Gasteiger partial charge is 0.491 e. The van der Waals surface area contributed by atoms with Crippen molar-refractivity contribution in [1.82, 2.24) is 5.32 Å². The molecular formula is C18H30N2O. The quantitative estimate of drug-likeness (QED) is 0.841. The standard InChI is InChI=1S/C18H30N2O/c1-13(2)21-16-7-5-14(6-8-16)17(12-19)20-15-9-10-18(3,4)11-15/h5-8,13,15,17,20H,9-12,19H2,1-4H3. The van der Waals surface area contributed by atoms with E-state index in [1.54, 1.807) is 0 Å². The van der Waals surface area contributed by atoms with Gasteiger partial charge in [0.05, 0.1) is 6.10 Å². The summed E-state index contributed by atoms with van der Waals surface area (Å²) in [7, 11) is 0. The van der Waals surface area contributed by atoms with Gasteiger partial charge in [-0.15, -0.1) is 0 Å².